The predicted molar refractivity (Wildman–Crippen MR) is 77.3 cm³/mol. The van der Waals surface area contributed by atoms with Gasteiger partial charge in [-0.2, -0.15) is 0 Å². The molecule has 19 heavy (non-hydrogen) atoms. The number of benzene rings is 1. The van der Waals surface area contributed by atoms with Gasteiger partial charge in [0, 0.05) is 6.04 Å². The second kappa shape index (κ2) is 6.87. The SMILES string of the molecule is COc1cc([C@@H](N)C2CCCC2)cc(OC)c1O.Cl. The molecule has 0 spiro atoms. The highest BCUT2D eigenvalue weighted by molar-refractivity contribution is 5.85. The van der Waals surface area contributed by atoms with Gasteiger partial charge in [0.15, 0.2) is 11.5 Å². The van der Waals surface area contributed by atoms with E-state index in [0.717, 1.165) is 5.56 Å². The molecule has 1 aliphatic rings. The molecule has 4 nitrogen and oxygen atoms in total. The third-order valence-electron chi connectivity index (χ3n) is 3.79. The first-order valence-electron chi connectivity index (χ1n) is 6.37. The van der Waals surface area contributed by atoms with Crippen molar-refractivity contribution in [3.8, 4) is 17.2 Å². The van der Waals surface area contributed by atoms with E-state index in [4.69, 9.17) is 15.2 Å². The van der Waals surface area contributed by atoms with Gasteiger partial charge in [0.05, 0.1) is 14.2 Å². The van der Waals surface area contributed by atoms with E-state index in [1.54, 1.807) is 12.1 Å². The monoisotopic (exact) mass is 287 g/mol. The van der Waals surface area contributed by atoms with Gasteiger partial charge in [0.25, 0.3) is 0 Å². The zero-order chi connectivity index (χ0) is 13.1. The summed E-state index contributed by atoms with van der Waals surface area (Å²) in [6, 6.07) is 3.60. The maximum absolute atomic E-state index is 9.87. The second-order valence-corrected chi connectivity index (χ2v) is 4.84. The Morgan fingerprint density at radius 2 is 1.63 bits per heavy atom. The predicted octanol–water partition coefficient (Wildman–Crippen LogP) is 3.02. The third-order valence-corrected chi connectivity index (χ3v) is 3.79. The van der Waals surface area contributed by atoms with Gasteiger partial charge in [0.2, 0.25) is 5.75 Å². The van der Waals surface area contributed by atoms with Crippen LogP contribution in [0, 0.1) is 5.92 Å². The zero-order valence-electron chi connectivity index (χ0n) is 11.4. The molecule has 0 unspecified atom stereocenters. The molecule has 0 bridgehead atoms. The minimum atomic E-state index is -0.0177. The molecule has 0 aromatic heterocycles. The lowest BCUT2D eigenvalue weighted by molar-refractivity contribution is 0.337. The summed E-state index contributed by atoms with van der Waals surface area (Å²) in [7, 11) is 3.05. The van der Waals surface area contributed by atoms with Crippen LogP contribution in [0.2, 0.25) is 0 Å². The van der Waals surface area contributed by atoms with Gasteiger partial charge in [-0.05, 0) is 36.5 Å². The number of rotatable bonds is 4. The van der Waals surface area contributed by atoms with Crippen molar-refractivity contribution in [3.63, 3.8) is 0 Å². The molecule has 1 aromatic rings. The van der Waals surface area contributed by atoms with Crippen molar-refractivity contribution in [3.05, 3.63) is 17.7 Å². The van der Waals surface area contributed by atoms with Crippen LogP contribution in [0.1, 0.15) is 37.3 Å². The first kappa shape index (κ1) is 15.9. The molecule has 0 saturated heterocycles. The van der Waals surface area contributed by atoms with E-state index in [2.05, 4.69) is 0 Å². The molecule has 1 aliphatic carbocycles. The lowest BCUT2D eigenvalue weighted by Gasteiger charge is -2.21. The van der Waals surface area contributed by atoms with Crippen molar-refractivity contribution < 1.29 is 14.6 Å². The summed E-state index contributed by atoms with van der Waals surface area (Å²) in [5.74, 6) is 1.38. The number of methoxy groups -OCH3 is 2. The lowest BCUT2D eigenvalue weighted by Crippen LogP contribution is -2.19. The van der Waals surface area contributed by atoms with Crippen molar-refractivity contribution >= 4 is 12.4 Å². The smallest absolute Gasteiger partial charge is 0.200 e. The van der Waals surface area contributed by atoms with Crippen LogP contribution in [0.4, 0.5) is 0 Å². The van der Waals surface area contributed by atoms with Crippen LogP contribution in [0.5, 0.6) is 17.2 Å². The van der Waals surface area contributed by atoms with Gasteiger partial charge in [-0.25, -0.2) is 0 Å². The summed E-state index contributed by atoms with van der Waals surface area (Å²) in [5, 5.41) is 9.87. The highest BCUT2D eigenvalue weighted by atomic mass is 35.5. The molecule has 0 aliphatic heterocycles. The largest absolute Gasteiger partial charge is 0.502 e. The summed E-state index contributed by atoms with van der Waals surface area (Å²) >= 11 is 0. The Kier molecular flexibility index (Phi) is 5.76. The fourth-order valence-electron chi connectivity index (χ4n) is 2.69. The molecule has 1 saturated carbocycles. The van der Waals surface area contributed by atoms with Gasteiger partial charge in [0.1, 0.15) is 0 Å². The Morgan fingerprint density at radius 1 is 1.16 bits per heavy atom. The van der Waals surface area contributed by atoms with Gasteiger partial charge in [-0.15, -0.1) is 12.4 Å². The standard InChI is InChI=1S/C14H21NO3.ClH/c1-17-11-7-10(8-12(18-2)14(11)16)13(15)9-5-3-4-6-9;/h7-9,13,16H,3-6,15H2,1-2H3;1H/t13-;/m0./s1. The minimum absolute atomic E-state index is 0. The number of hydrogen-bond donors (Lipinski definition) is 2. The molecule has 1 aromatic carbocycles. The average Bonchev–Trinajstić information content (AvgIpc) is 2.92. The van der Waals surface area contributed by atoms with Gasteiger partial charge < -0.3 is 20.3 Å². The van der Waals surface area contributed by atoms with E-state index in [0.29, 0.717) is 17.4 Å². The van der Waals surface area contributed by atoms with Crippen molar-refractivity contribution in [2.75, 3.05) is 14.2 Å². The van der Waals surface area contributed by atoms with E-state index in [1.807, 2.05) is 0 Å². The number of aromatic hydroxyl groups is 1. The van der Waals surface area contributed by atoms with E-state index in [9.17, 15) is 5.11 Å². The Balaban J connectivity index is 0.00000180. The molecule has 2 rings (SSSR count). The van der Waals surface area contributed by atoms with Crippen LogP contribution in [-0.2, 0) is 0 Å². The van der Waals surface area contributed by atoms with Crippen molar-refractivity contribution in [1.82, 2.24) is 0 Å². The first-order chi connectivity index (χ1) is 8.67. The number of halogens is 1. The van der Waals surface area contributed by atoms with Crippen LogP contribution in [0.15, 0.2) is 12.1 Å². The number of ether oxygens (including phenoxy) is 2. The van der Waals surface area contributed by atoms with Crippen LogP contribution in [0.25, 0.3) is 0 Å². The van der Waals surface area contributed by atoms with Crippen molar-refractivity contribution in [2.24, 2.45) is 11.7 Å². The van der Waals surface area contributed by atoms with Gasteiger partial charge in [-0.3, -0.25) is 0 Å². The summed E-state index contributed by atoms with van der Waals surface area (Å²) in [4.78, 5) is 0. The number of phenolic OH excluding ortho intramolecular Hbond substituents is 1. The minimum Gasteiger partial charge on any atom is -0.502 e. The van der Waals surface area contributed by atoms with Crippen LogP contribution < -0.4 is 15.2 Å². The Labute approximate surface area is 120 Å². The maximum atomic E-state index is 9.87. The highest BCUT2D eigenvalue weighted by Gasteiger charge is 2.25. The van der Waals surface area contributed by atoms with Gasteiger partial charge >= 0.3 is 0 Å². The van der Waals surface area contributed by atoms with Crippen LogP contribution in [-0.4, -0.2) is 19.3 Å². The topological polar surface area (TPSA) is 64.7 Å². The molecule has 1 fully saturated rings. The van der Waals surface area contributed by atoms with E-state index < -0.39 is 0 Å². The number of hydrogen-bond acceptors (Lipinski definition) is 4. The molecule has 3 N–H and O–H groups in total. The normalized spacial score (nSPS) is 16.8. The lowest BCUT2D eigenvalue weighted by atomic mass is 9.92. The fourth-order valence-corrected chi connectivity index (χ4v) is 2.69. The summed E-state index contributed by atoms with van der Waals surface area (Å²) in [5.41, 5.74) is 7.27. The Bertz CT molecular complexity index is 394. The van der Waals surface area contributed by atoms with Crippen molar-refractivity contribution in [2.45, 2.75) is 31.7 Å². The number of nitrogens with two attached hydrogens (primary N) is 1. The van der Waals surface area contributed by atoms with E-state index in [-0.39, 0.29) is 24.2 Å². The first-order valence-corrected chi connectivity index (χ1v) is 6.37. The molecule has 0 radical (unpaired) electrons. The summed E-state index contributed by atoms with van der Waals surface area (Å²) in [6.07, 6.45) is 4.86. The molecular formula is C14H22ClNO3. The third kappa shape index (κ3) is 3.25. The molecule has 0 amide bonds. The molecule has 1 atom stereocenters. The van der Waals surface area contributed by atoms with E-state index in [1.165, 1.54) is 39.9 Å². The summed E-state index contributed by atoms with van der Waals surface area (Å²) < 4.78 is 10.3. The van der Waals surface area contributed by atoms with Crippen LogP contribution in [0.3, 0.4) is 0 Å². The summed E-state index contributed by atoms with van der Waals surface area (Å²) in [6.45, 7) is 0. The van der Waals surface area contributed by atoms with E-state index >= 15 is 0 Å². The molecular weight excluding hydrogens is 266 g/mol. The Morgan fingerprint density at radius 3 is 2.05 bits per heavy atom. The second-order valence-electron chi connectivity index (χ2n) is 4.84. The fraction of sp³-hybridized carbons (Fsp3) is 0.571. The van der Waals surface area contributed by atoms with Crippen LogP contribution >= 0.6 is 12.4 Å². The Hall–Kier alpha value is -1.13. The average molecular weight is 288 g/mol. The van der Waals surface area contributed by atoms with Crippen molar-refractivity contribution in [1.29, 1.82) is 0 Å². The maximum Gasteiger partial charge on any atom is 0.200 e. The molecule has 0 heterocycles. The highest BCUT2D eigenvalue weighted by Crippen LogP contribution is 2.41. The molecule has 108 valence electrons. The molecule has 5 heteroatoms. The van der Waals surface area contributed by atoms with Gasteiger partial charge in [-0.1, -0.05) is 12.8 Å². The zero-order valence-corrected chi connectivity index (χ0v) is 12.2. The quantitative estimate of drug-likeness (QED) is 0.893. The number of phenols is 1.